The zero-order valence-electron chi connectivity index (χ0n) is 11.5. The van der Waals surface area contributed by atoms with Crippen molar-refractivity contribution in [1.29, 1.82) is 0 Å². The normalized spacial score (nSPS) is 24.1. The molecule has 0 bridgehead atoms. The number of pyridine rings is 1. The summed E-state index contributed by atoms with van der Waals surface area (Å²) in [6.07, 6.45) is 7.44. The highest BCUT2D eigenvalue weighted by Crippen LogP contribution is 2.27. The third-order valence-electron chi connectivity index (χ3n) is 3.82. The van der Waals surface area contributed by atoms with Crippen LogP contribution in [0.25, 0.3) is 0 Å². The van der Waals surface area contributed by atoms with Gasteiger partial charge in [-0.2, -0.15) is 0 Å². The van der Waals surface area contributed by atoms with Crippen LogP contribution in [0.15, 0.2) is 18.3 Å². The molecular formula is C15H24N2O. The van der Waals surface area contributed by atoms with E-state index in [4.69, 9.17) is 4.74 Å². The van der Waals surface area contributed by atoms with Gasteiger partial charge in [-0.05, 0) is 37.4 Å². The molecule has 100 valence electrons. The van der Waals surface area contributed by atoms with E-state index in [2.05, 4.69) is 23.3 Å². The first-order valence-corrected chi connectivity index (χ1v) is 7.00. The predicted octanol–water partition coefficient (Wildman–Crippen LogP) is 2.90. The van der Waals surface area contributed by atoms with Gasteiger partial charge in [-0.25, -0.2) is 0 Å². The van der Waals surface area contributed by atoms with Crippen LogP contribution in [0.5, 0.6) is 0 Å². The lowest BCUT2D eigenvalue weighted by Gasteiger charge is -2.28. The number of rotatable bonds is 5. The van der Waals surface area contributed by atoms with Crippen molar-refractivity contribution in [3.63, 3.8) is 0 Å². The topological polar surface area (TPSA) is 34.2 Å². The van der Waals surface area contributed by atoms with E-state index in [1.807, 2.05) is 19.3 Å². The molecule has 1 aromatic heterocycles. The fourth-order valence-corrected chi connectivity index (χ4v) is 2.67. The standard InChI is InChI=1S/C15H24N2O/c1-12-6-3-4-8-15(12)18-11-14-13(10-16-2)7-5-9-17-14/h5,7,9,12,15-16H,3-4,6,8,10-11H2,1-2H3. The van der Waals surface area contributed by atoms with E-state index in [1.165, 1.54) is 31.2 Å². The Bertz CT molecular complexity index is 367. The fourth-order valence-electron chi connectivity index (χ4n) is 2.67. The van der Waals surface area contributed by atoms with Gasteiger partial charge in [-0.3, -0.25) is 4.98 Å². The molecule has 2 atom stereocenters. The van der Waals surface area contributed by atoms with Crippen LogP contribution in [0.3, 0.4) is 0 Å². The highest BCUT2D eigenvalue weighted by molar-refractivity contribution is 5.18. The van der Waals surface area contributed by atoms with Gasteiger partial charge in [0.05, 0.1) is 18.4 Å². The number of nitrogens with one attached hydrogen (secondary N) is 1. The van der Waals surface area contributed by atoms with Crippen LogP contribution in [0.1, 0.15) is 43.9 Å². The summed E-state index contributed by atoms with van der Waals surface area (Å²) in [6.45, 7) is 3.80. The third kappa shape index (κ3) is 3.53. The Labute approximate surface area is 110 Å². The molecule has 2 rings (SSSR count). The number of aromatic nitrogens is 1. The molecule has 1 heterocycles. The Morgan fingerprint density at radius 3 is 3.00 bits per heavy atom. The van der Waals surface area contributed by atoms with Crippen molar-refractivity contribution in [2.75, 3.05) is 7.05 Å². The van der Waals surface area contributed by atoms with E-state index < -0.39 is 0 Å². The zero-order valence-corrected chi connectivity index (χ0v) is 11.5. The van der Waals surface area contributed by atoms with Crippen LogP contribution in [0.4, 0.5) is 0 Å². The largest absolute Gasteiger partial charge is 0.372 e. The molecule has 0 saturated heterocycles. The summed E-state index contributed by atoms with van der Waals surface area (Å²) < 4.78 is 6.08. The second kappa shape index (κ2) is 6.86. The van der Waals surface area contributed by atoms with E-state index in [1.54, 1.807) is 0 Å². The minimum absolute atomic E-state index is 0.420. The summed E-state index contributed by atoms with van der Waals surface area (Å²) in [5, 5.41) is 3.18. The maximum Gasteiger partial charge on any atom is 0.0895 e. The van der Waals surface area contributed by atoms with Gasteiger partial charge in [0.1, 0.15) is 0 Å². The molecule has 0 aromatic carbocycles. The van der Waals surface area contributed by atoms with Crippen LogP contribution in [-0.2, 0) is 17.9 Å². The van der Waals surface area contributed by atoms with E-state index >= 15 is 0 Å². The molecule has 0 spiro atoms. The molecule has 1 aliphatic rings. The van der Waals surface area contributed by atoms with Gasteiger partial charge in [-0.15, -0.1) is 0 Å². The average molecular weight is 248 g/mol. The summed E-state index contributed by atoms with van der Waals surface area (Å²) in [4.78, 5) is 4.44. The van der Waals surface area contributed by atoms with Gasteiger partial charge in [0.15, 0.2) is 0 Å². The molecule has 1 fully saturated rings. The molecule has 3 heteroatoms. The molecule has 18 heavy (non-hydrogen) atoms. The molecule has 3 nitrogen and oxygen atoms in total. The molecule has 1 N–H and O–H groups in total. The average Bonchev–Trinajstić information content (AvgIpc) is 2.40. The van der Waals surface area contributed by atoms with E-state index in [9.17, 15) is 0 Å². The summed E-state index contributed by atoms with van der Waals surface area (Å²) in [6, 6.07) is 4.10. The lowest BCUT2D eigenvalue weighted by atomic mass is 9.88. The SMILES string of the molecule is CNCc1cccnc1COC1CCCCC1C. The first kappa shape index (κ1) is 13.5. The lowest BCUT2D eigenvalue weighted by Crippen LogP contribution is -2.25. The van der Waals surface area contributed by atoms with Crippen LogP contribution < -0.4 is 5.32 Å². The first-order chi connectivity index (χ1) is 8.81. The van der Waals surface area contributed by atoms with Crippen LogP contribution >= 0.6 is 0 Å². The molecule has 1 saturated carbocycles. The second-order valence-electron chi connectivity index (χ2n) is 5.25. The van der Waals surface area contributed by atoms with Crippen LogP contribution in [0, 0.1) is 5.92 Å². The van der Waals surface area contributed by atoms with Crippen LogP contribution in [0.2, 0.25) is 0 Å². The molecule has 0 radical (unpaired) electrons. The number of hydrogen-bond donors (Lipinski definition) is 1. The predicted molar refractivity (Wildman–Crippen MR) is 73.2 cm³/mol. The maximum absolute atomic E-state index is 6.08. The molecule has 1 aromatic rings. The summed E-state index contributed by atoms with van der Waals surface area (Å²) in [5.74, 6) is 0.690. The van der Waals surface area contributed by atoms with E-state index in [0.29, 0.717) is 18.6 Å². The Hall–Kier alpha value is -0.930. The van der Waals surface area contributed by atoms with E-state index in [0.717, 1.165) is 12.2 Å². The van der Waals surface area contributed by atoms with Crippen molar-refractivity contribution in [1.82, 2.24) is 10.3 Å². The van der Waals surface area contributed by atoms with Crippen molar-refractivity contribution < 1.29 is 4.74 Å². The Balaban J connectivity index is 1.92. The van der Waals surface area contributed by atoms with E-state index in [-0.39, 0.29) is 0 Å². The van der Waals surface area contributed by atoms with Gasteiger partial charge >= 0.3 is 0 Å². The molecule has 1 aliphatic carbocycles. The van der Waals surface area contributed by atoms with Gasteiger partial charge < -0.3 is 10.1 Å². The van der Waals surface area contributed by atoms with Crippen molar-refractivity contribution in [3.05, 3.63) is 29.6 Å². The Morgan fingerprint density at radius 2 is 2.22 bits per heavy atom. The van der Waals surface area contributed by atoms with Gasteiger partial charge in [0, 0.05) is 12.7 Å². The fraction of sp³-hybridized carbons (Fsp3) is 0.667. The van der Waals surface area contributed by atoms with Gasteiger partial charge in [0.2, 0.25) is 0 Å². The lowest BCUT2D eigenvalue weighted by molar-refractivity contribution is -0.0170. The second-order valence-corrected chi connectivity index (χ2v) is 5.25. The minimum Gasteiger partial charge on any atom is -0.372 e. The monoisotopic (exact) mass is 248 g/mol. The molecular weight excluding hydrogens is 224 g/mol. The Morgan fingerprint density at radius 1 is 1.39 bits per heavy atom. The molecule has 2 unspecified atom stereocenters. The smallest absolute Gasteiger partial charge is 0.0895 e. The number of ether oxygens (including phenoxy) is 1. The molecule has 0 aliphatic heterocycles. The number of hydrogen-bond acceptors (Lipinski definition) is 3. The van der Waals surface area contributed by atoms with Crippen molar-refractivity contribution in [2.45, 2.75) is 51.9 Å². The highest BCUT2D eigenvalue weighted by atomic mass is 16.5. The van der Waals surface area contributed by atoms with Crippen molar-refractivity contribution in [2.24, 2.45) is 5.92 Å². The summed E-state index contributed by atoms with van der Waals surface area (Å²) >= 11 is 0. The zero-order chi connectivity index (χ0) is 12.8. The van der Waals surface area contributed by atoms with Crippen LogP contribution in [-0.4, -0.2) is 18.1 Å². The Kier molecular flexibility index (Phi) is 5.14. The highest BCUT2D eigenvalue weighted by Gasteiger charge is 2.22. The van der Waals surface area contributed by atoms with Gasteiger partial charge in [0.25, 0.3) is 0 Å². The van der Waals surface area contributed by atoms with Crippen molar-refractivity contribution >= 4 is 0 Å². The van der Waals surface area contributed by atoms with Gasteiger partial charge in [-0.1, -0.05) is 25.8 Å². The quantitative estimate of drug-likeness (QED) is 0.870. The number of nitrogens with zero attached hydrogens (tertiary/aromatic N) is 1. The molecule has 0 amide bonds. The summed E-state index contributed by atoms with van der Waals surface area (Å²) in [5.41, 5.74) is 2.31. The summed E-state index contributed by atoms with van der Waals surface area (Å²) in [7, 11) is 1.96. The minimum atomic E-state index is 0.420. The first-order valence-electron chi connectivity index (χ1n) is 7.00. The third-order valence-corrected chi connectivity index (χ3v) is 3.82. The maximum atomic E-state index is 6.08. The van der Waals surface area contributed by atoms with Crippen molar-refractivity contribution in [3.8, 4) is 0 Å².